The monoisotopic (exact) mass is 1000 g/mol. The van der Waals surface area contributed by atoms with Crippen LogP contribution in [0.15, 0.2) is 0 Å². The van der Waals surface area contributed by atoms with Crippen LogP contribution in [0.2, 0.25) is 0 Å². The summed E-state index contributed by atoms with van der Waals surface area (Å²) < 4.78 is 73.9. The van der Waals surface area contributed by atoms with Crippen LogP contribution in [0.3, 0.4) is 0 Å². The van der Waals surface area contributed by atoms with Gasteiger partial charge in [0.15, 0.2) is 5.82 Å². The maximum atomic E-state index is 12.5. The normalized spacial score (nSPS) is 15.1. The minimum atomic E-state index is -0.879. The first-order valence-corrected chi connectivity index (χ1v) is 25.4. The van der Waals surface area contributed by atoms with Crippen LogP contribution in [0.5, 0.6) is 5.88 Å². The first-order valence-electron chi connectivity index (χ1n) is 25.4. The number of ether oxygens (including phenoxy) is 13. The SMILES string of the molecule is CCCCc1nc2c(N)nnc(OC(C)C)c2n1CC1CCC(CNC(=O)CCOCCOCCOCCOCCOCCOCCOCCOCCOCCOCCOCCOCCC(=O)O)CC1. The second-order valence-electron chi connectivity index (χ2n) is 16.9. The molecule has 0 bridgehead atoms. The molecule has 2 aromatic rings. The Kier molecular flexibility index (Phi) is 35.8. The highest BCUT2D eigenvalue weighted by Crippen LogP contribution is 2.34. The summed E-state index contributed by atoms with van der Waals surface area (Å²) in [5.41, 5.74) is 7.74. The molecule has 0 radical (unpaired) electrons. The predicted octanol–water partition coefficient (Wildman–Crippen LogP) is 3.52. The minimum Gasteiger partial charge on any atom is -0.481 e. The molecule has 3 rings (SSSR count). The number of amides is 1. The van der Waals surface area contributed by atoms with E-state index in [1.165, 1.54) is 0 Å². The molecule has 1 saturated carbocycles. The number of aliphatic carboxylic acids is 1. The fraction of sp³-hybridized carbons (Fsp3) is 0.854. The summed E-state index contributed by atoms with van der Waals surface area (Å²) in [5, 5.41) is 20.0. The third kappa shape index (κ3) is 29.8. The van der Waals surface area contributed by atoms with E-state index in [2.05, 4.69) is 27.0 Å². The zero-order valence-corrected chi connectivity index (χ0v) is 42.4. The Morgan fingerprint density at radius 1 is 0.600 bits per heavy atom. The molecule has 70 heavy (non-hydrogen) atoms. The van der Waals surface area contributed by atoms with Crippen LogP contribution < -0.4 is 15.8 Å². The number of nitrogen functional groups attached to an aromatic ring is 1. The maximum Gasteiger partial charge on any atom is 0.305 e. The fourth-order valence-electron chi connectivity index (χ4n) is 7.18. The quantitative estimate of drug-likeness (QED) is 0.0802. The first kappa shape index (κ1) is 60.9. The topological polar surface area (TPSA) is 256 Å². The van der Waals surface area contributed by atoms with Gasteiger partial charge in [0.05, 0.1) is 171 Å². The van der Waals surface area contributed by atoms with E-state index >= 15 is 0 Å². The van der Waals surface area contributed by atoms with Crippen molar-refractivity contribution in [1.82, 2.24) is 25.1 Å². The van der Waals surface area contributed by atoms with Gasteiger partial charge in [-0.2, -0.15) is 0 Å². The number of hydrogen-bond donors (Lipinski definition) is 3. The standard InChI is InChI=1S/C48H86N6O16/c1-4-5-6-42-51-45-46(48(70-39(2)3)53-52-47(45)49)54(42)38-41-9-7-40(8-10-41)37-50-43(55)11-13-58-15-17-60-19-21-62-23-25-64-27-29-66-31-33-68-35-36-69-34-32-67-30-28-65-26-24-63-22-20-61-18-16-59-14-12-44(56)57/h39-41H,4-38H2,1-3H3,(H2,49,52)(H,50,55)(H,56,57). The van der Waals surface area contributed by atoms with E-state index < -0.39 is 5.97 Å². The third-order valence-corrected chi connectivity index (χ3v) is 10.9. The number of carbonyl (C=O) groups excluding carboxylic acids is 1. The third-order valence-electron chi connectivity index (χ3n) is 10.9. The number of nitrogens with one attached hydrogen (secondary N) is 1. The lowest BCUT2D eigenvalue weighted by Crippen LogP contribution is -2.32. The van der Waals surface area contributed by atoms with Crippen molar-refractivity contribution in [3.8, 4) is 5.88 Å². The molecule has 0 spiro atoms. The van der Waals surface area contributed by atoms with Gasteiger partial charge in [-0.25, -0.2) is 4.98 Å². The average molecular weight is 1000 g/mol. The van der Waals surface area contributed by atoms with E-state index in [4.69, 9.17) is 77.4 Å². The highest BCUT2D eigenvalue weighted by molar-refractivity contribution is 5.88. The van der Waals surface area contributed by atoms with Crippen LogP contribution in [0.4, 0.5) is 5.82 Å². The van der Waals surface area contributed by atoms with Gasteiger partial charge in [0.1, 0.15) is 16.9 Å². The van der Waals surface area contributed by atoms with Gasteiger partial charge in [0.2, 0.25) is 5.91 Å². The van der Waals surface area contributed by atoms with Gasteiger partial charge in [-0.15, -0.1) is 10.2 Å². The van der Waals surface area contributed by atoms with E-state index in [1.807, 2.05) is 13.8 Å². The number of carboxylic acid groups (broad SMARTS) is 1. The Balaban J connectivity index is 0.999. The largest absolute Gasteiger partial charge is 0.481 e. The molecule has 1 amide bonds. The number of nitrogens with zero attached hydrogens (tertiary/aromatic N) is 4. The zero-order valence-electron chi connectivity index (χ0n) is 42.4. The molecular weight excluding hydrogens is 917 g/mol. The summed E-state index contributed by atoms with van der Waals surface area (Å²) in [5.74, 6) is 1.91. The lowest BCUT2D eigenvalue weighted by molar-refractivity contribution is -0.138. The van der Waals surface area contributed by atoms with Crippen molar-refractivity contribution in [2.24, 2.45) is 11.8 Å². The molecule has 0 saturated heterocycles. The molecule has 0 aliphatic heterocycles. The van der Waals surface area contributed by atoms with Gasteiger partial charge in [-0.05, 0) is 57.8 Å². The lowest BCUT2D eigenvalue weighted by Gasteiger charge is -2.29. The van der Waals surface area contributed by atoms with Crippen LogP contribution in [0.1, 0.15) is 78.0 Å². The fourth-order valence-corrected chi connectivity index (χ4v) is 7.18. The summed E-state index contributed by atoms with van der Waals surface area (Å²) in [6, 6.07) is 0. The van der Waals surface area contributed by atoms with Gasteiger partial charge in [-0.1, -0.05) is 13.3 Å². The van der Waals surface area contributed by atoms with E-state index in [0.717, 1.165) is 62.8 Å². The van der Waals surface area contributed by atoms with Gasteiger partial charge in [0.25, 0.3) is 5.88 Å². The van der Waals surface area contributed by atoms with Crippen molar-refractivity contribution in [2.45, 2.75) is 91.2 Å². The summed E-state index contributed by atoms with van der Waals surface area (Å²) in [6.45, 7) is 18.2. The van der Waals surface area contributed by atoms with Crippen molar-refractivity contribution in [3.63, 3.8) is 0 Å². The molecule has 1 aliphatic carbocycles. The lowest BCUT2D eigenvalue weighted by atomic mass is 9.82. The number of anilines is 1. The molecule has 1 fully saturated rings. The molecule has 0 unspecified atom stereocenters. The molecule has 404 valence electrons. The predicted molar refractivity (Wildman–Crippen MR) is 259 cm³/mol. The summed E-state index contributed by atoms with van der Waals surface area (Å²) in [7, 11) is 0. The van der Waals surface area contributed by atoms with E-state index in [1.54, 1.807) is 0 Å². The second-order valence-corrected chi connectivity index (χ2v) is 16.9. The minimum absolute atomic E-state index is 0.00918. The number of fused-ring (bicyclic) bond motifs is 1. The number of carboxylic acids is 1. The summed E-state index contributed by atoms with van der Waals surface area (Å²) in [6.07, 6.45) is 7.53. The number of rotatable bonds is 48. The van der Waals surface area contributed by atoms with Crippen molar-refractivity contribution < 1.29 is 76.3 Å². The van der Waals surface area contributed by atoms with Crippen LogP contribution in [-0.2, 0) is 79.4 Å². The van der Waals surface area contributed by atoms with Crippen molar-refractivity contribution in [1.29, 1.82) is 0 Å². The molecule has 4 N–H and O–H groups in total. The van der Waals surface area contributed by atoms with Crippen molar-refractivity contribution in [3.05, 3.63) is 5.82 Å². The van der Waals surface area contributed by atoms with E-state index in [9.17, 15) is 9.59 Å². The Labute approximate surface area is 414 Å². The summed E-state index contributed by atoms with van der Waals surface area (Å²) >= 11 is 0. The van der Waals surface area contributed by atoms with E-state index in [0.29, 0.717) is 194 Å². The summed E-state index contributed by atoms with van der Waals surface area (Å²) in [4.78, 5) is 27.8. The van der Waals surface area contributed by atoms with Crippen molar-refractivity contribution in [2.75, 3.05) is 171 Å². The maximum absolute atomic E-state index is 12.5. The molecule has 22 nitrogen and oxygen atoms in total. The second kappa shape index (κ2) is 41.1. The Hall–Kier alpha value is -3.39. The first-order chi connectivity index (χ1) is 34.3. The molecule has 22 heteroatoms. The molecule has 2 heterocycles. The smallest absolute Gasteiger partial charge is 0.305 e. The van der Waals surface area contributed by atoms with E-state index in [-0.39, 0.29) is 25.0 Å². The van der Waals surface area contributed by atoms with Gasteiger partial charge in [0, 0.05) is 25.9 Å². The number of aryl methyl sites for hydroxylation is 1. The number of carbonyl (C=O) groups is 2. The Morgan fingerprint density at radius 3 is 1.37 bits per heavy atom. The molecule has 2 aromatic heterocycles. The van der Waals surface area contributed by atoms with Gasteiger partial charge < -0.3 is 82.3 Å². The number of imidazole rings is 1. The number of hydrogen-bond acceptors (Lipinski definition) is 19. The Morgan fingerprint density at radius 2 is 0.986 bits per heavy atom. The molecule has 0 aromatic carbocycles. The Bertz CT molecular complexity index is 1600. The van der Waals surface area contributed by atoms with Gasteiger partial charge in [-0.3, -0.25) is 9.59 Å². The van der Waals surface area contributed by atoms with Crippen LogP contribution in [0, 0.1) is 11.8 Å². The average Bonchev–Trinajstić information content (AvgIpc) is 3.71. The zero-order chi connectivity index (χ0) is 50.1. The van der Waals surface area contributed by atoms with Gasteiger partial charge >= 0.3 is 5.97 Å². The van der Waals surface area contributed by atoms with Crippen LogP contribution >= 0.6 is 0 Å². The number of unbranched alkanes of at least 4 members (excludes halogenated alkanes) is 1. The highest BCUT2D eigenvalue weighted by Gasteiger charge is 2.26. The molecule has 1 aliphatic rings. The highest BCUT2D eigenvalue weighted by atomic mass is 16.6. The number of nitrogens with two attached hydrogens (primary N) is 1. The number of aromatic nitrogens is 4. The van der Waals surface area contributed by atoms with Crippen molar-refractivity contribution >= 4 is 28.7 Å². The molecular formula is C48H86N6O16. The van der Waals surface area contributed by atoms with Crippen LogP contribution in [-0.4, -0.2) is 208 Å². The van der Waals surface area contributed by atoms with Crippen LogP contribution in [0.25, 0.3) is 11.0 Å². The molecule has 0 atom stereocenters.